The van der Waals surface area contributed by atoms with Crippen molar-refractivity contribution < 1.29 is 32.3 Å². The standard InChI is InChI=1S/C30H37F3N4O4/c1-18(2)29(7)16-24(38)37(26(36-29)35-27(40)41-28(4,5)6)17-20-13-14-23(30(31,32)33)22(15-20)25(39)34-19(3)21-11-9-8-10-12-21/h8-15,18-19H,16-17H2,1-7H3,(H,34,39)(H,35,36,40)/t19-,29-/m0/s1. The Labute approximate surface area is 238 Å². The number of rotatable bonds is 6. The van der Waals surface area contributed by atoms with Crippen molar-refractivity contribution in [3.05, 3.63) is 70.8 Å². The highest BCUT2D eigenvalue weighted by Gasteiger charge is 2.42. The van der Waals surface area contributed by atoms with Crippen LogP contribution >= 0.6 is 0 Å². The van der Waals surface area contributed by atoms with Crippen LogP contribution in [0.3, 0.4) is 0 Å². The number of carbonyl (C=O) groups is 3. The van der Waals surface area contributed by atoms with Gasteiger partial charge in [0.2, 0.25) is 11.9 Å². The van der Waals surface area contributed by atoms with Crippen molar-refractivity contribution in [1.82, 2.24) is 15.5 Å². The zero-order chi connectivity index (χ0) is 30.8. The molecule has 0 saturated carbocycles. The third-order valence-corrected chi connectivity index (χ3v) is 6.96. The first-order valence-electron chi connectivity index (χ1n) is 13.4. The lowest BCUT2D eigenvalue weighted by molar-refractivity contribution is -0.138. The lowest BCUT2D eigenvalue weighted by Crippen LogP contribution is -2.63. The Bertz CT molecular complexity index is 1320. The van der Waals surface area contributed by atoms with Crippen LogP contribution in [0.5, 0.6) is 0 Å². The van der Waals surface area contributed by atoms with Crippen LogP contribution in [0.2, 0.25) is 0 Å². The van der Waals surface area contributed by atoms with E-state index < -0.39 is 46.5 Å². The Kier molecular flexibility index (Phi) is 9.20. The van der Waals surface area contributed by atoms with E-state index in [1.54, 1.807) is 58.0 Å². The van der Waals surface area contributed by atoms with E-state index in [0.29, 0.717) is 0 Å². The maximum absolute atomic E-state index is 13.9. The Morgan fingerprint density at radius 1 is 1.10 bits per heavy atom. The summed E-state index contributed by atoms with van der Waals surface area (Å²) in [5, 5.41) is 5.79. The Balaban J connectivity index is 1.98. The molecule has 11 heteroatoms. The minimum Gasteiger partial charge on any atom is -0.442 e. The smallest absolute Gasteiger partial charge is 0.437 e. The summed E-state index contributed by atoms with van der Waals surface area (Å²) in [6, 6.07) is 11.4. The van der Waals surface area contributed by atoms with Crippen LogP contribution in [0.1, 0.15) is 88.0 Å². The van der Waals surface area contributed by atoms with Gasteiger partial charge in [-0.3, -0.25) is 14.5 Å². The third kappa shape index (κ3) is 8.08. The minimum absolute atomic E-state index is 0.0228. The van der Waals surface area contributed by atoms with Crippen molar-refractivity contribution in [3.8, 4) is 0 Å². The second-order valence-electron chi connectivity index (χ2n) is 11.8. The molecule has 2 aromatic carbocycles. The molecule has 0 bridgehead atoms. The van der Waals surface area contributed by atoms with Gasteiger partial charge in [0.15, 0.2) is 0 Å². The summed E-state index contributed by atoms with van der Waals surface area (Å²) in [5.41, 5.74) is -2.27. The molecule has 0 aromatic heterocycles. The monoisotopic (exact) mass is 574 g/mol. The average molecular weight is 575 g/mol. The molecule has 0 unspecified atom stereocenters. The molecule has 1 aliphatic rings. The van der Waals surface area contributed by atoms with Gasteiger partial charge in [-0.05, 0) is 63.8 Å². The van der Waals surface area contributed by atoms with Crippen LogP contribution in [0.25, 0.3) is 0 Å². The first-order chi connectivity index (χ1) is 18.9. The molecule has 0 spiro atoms. The average Bonchev–Trinajstić information content (AvgIpc) is 2.84. The number of hydrogen-bond acceptors (Lipinski definition) is 4. The van der Waals surface area contributed by atoms with Crippen LogP contribution in [0.4, 0.5) is 18.0 Å². The number of ether oxygens (including phenoxy) is 1. The van der Waals surface area contributed by atoms with Gasteiger partial charge in [0, 0.05) is 5.54 Å². The van der Waals surface area contributed by atoms with E-state index in [0.717, 1.165) is 17.7 Å². The van der Waals surface area contributed by atoms with Crippen LogP contribution in [-0.2, 0) is 22.3 Å². The number of halogens is 3. The molecule has 2 aromatic rings. The summed E-state index contributed by atoms with van der Waals surface area (Å²) in [6.45, 7) is 12.1. The van der Waals surface area contributed by atoms with Gasteiger partial charge in [-0.15, -0.1) is 4.99 Å². The van der Waals surface area contributed by atoms with Gasteiger partial charge in [-0.25, -0.2) is 4.79 Å². The van der Waals surface area contributed by atoms with Crippen molar-refractivity contribution >= 4 is 23.9 Å². The van der Waals surface area contributed by atoms with Crippen molar-refractivity contribution in [2.45, 2.75) is 84.8 Å². The molecule has 0 aliphatic carbocycles. The third-order valence-electron chi connectivity index (χ3n) is 6.96. The second kappa shape index (κ2) is 11.9. The molecule has 1 aliphatic heterocycles. The normalized spacial score (nSPS) is 19.6. The molecule has 3 amide bonds. The second-order valence-corrected chi connectivity index (χ2v) is 11.8. The summed E-state index contributed by atoms with van der Waals surface area (Å²) < 4.78 is 47.0. The zero-order valence-electron chi connectivity index (χ0n) is 24.3. The number of nitrogens with one attached hydrogen (secondary N) is 2. The topological polar surface area (TPSA) is 100 Å². The summed E-state index contributed by atoms with van der Waals surface area (Å²) in [4.78, 5) is 44.2. The van der Waals surface area contributed by atoms with E-state index in [4.69, 9.17) is 4.74 Å². The molecule has 0 radical (unpaired) electrons. The first kappa shape index (κ1) is 31.6. The molecule has 1 saturated heterocycles. The summed E-state index contributed by atoms with van der Waals surface area (Å²) in [5.74, 6) is -1.39. The van der Waals surface area contributed by atoms with E-state index in [1.807, 2.05) is 20.8 Å². The lowest BCUT2D eigenvalue weighted by Gasteiger charge is -2.43. The summed E-state index contributed by atoms with van der Waals surface area (Å²) in [7, 11) is 0. The number of carbonyl (C=O) groups excluding carboxylic acids is 3. The van der Waals surface area contributed by atoms with Gasteiger partial charge >= 0.3 is 12.3 Å². The fourth-order valence-electron chi connectivity index (χ4n) is 4.27. The number of nitrogens with zero attached hydrogens (tertiary/aromatic N) is 2. The largest absolute Gasteiger partial charge is 0.442 e. The highest BCUT2D eigenvalue weighted by atomic mass is 19.4. The van der Waals surface area contributed by atoms with Crippen molar-refractivity contribution in [2.75, 3.05) is 0 Å². The lowest BCUT2D eigenvalue weighted by atomic mass is 9.83. The maximum Gasteiger partial charge on any atom is 0.437 e. The Hall–Kier alpha value is -3.89. The van der Waals surface area contributed by atoms with Gasteiger partial charge in [-0.2, -0.15) is 13.2 Å². The van der Waals surface area contributed by atoms with Crippen molar-refractivity contribution in [1.29, 1.82) is 0 Å². The number of aliphatic imine (C=N–C) groups is 1. The maximum atomic E-state index is 13.9. The molecule has 222 valence electrons. The molecule has 1 heterocycles. The van der Waals surface area contributed by atoms with Crippen LogP contribution in [0, 0.1) is 5.92 Å². The highest BCUT2D eigenvalue weighted by Crippen LogP contribution is 2.34. The predicted octanol–water partition coefficient (Wildman–Crippen LogP) is 6.22. The van der Waals surface area contributed by atoms with Crippen molar-refractivity contribution in [2.24, 2.45) is 10.9 Å². The molecule has 1 fully saturated rings. The molecule has 3 rings (SSSR count). The molecular weight excluding hydrogens is 537 g/mol. The van der Waals surface area contributed by atoms with Gasteiger partial charge < -0.3 is 15.4 Å². The summed E-state index contributed by atoms with van der Waals surface area (Å²) in [6.07, 6.45) is -5.65. The van der Waals surface area contributed by atoms with E-state index in [-0.39, 0.29) is 36.3 Å². The van der Waals surface area contributed by atoms with Gasteiger partial charge in [0.1, 0.15) is 5.60 Å². The molecular formula is C30H37F3N4O4. The molecule has 41 heavy (non-hydrogen) atoms. The predicted molar refractivity (Wildman–Crippen MR) is 149 cm³/mol. The number of amides is 3. The van der Waals surface area contributed by atoms with Crippen LogP contribution in [0.15, 0.2) is 53.5 Å². The highest BCUT2D eigenvalue weighted by molar-refractivity contribution is 6.04. The molecule has 2 atom stereocenters. The number of alkyl halides is 3. The Morgan fingerprint density at radius 3 is 2.29 bits per heavy atom. The van der Waals surface area contributed by atoms with Crippen LogP contribution < -0.4 is 10.6 Å². The van der Waals surface area contributed by atoms with E-state index in [1.165, 1.54) is 11.0 Å². The van der Waals surface area contributed by atoms with Gasteiger partial charge in [-0.1, -0.05) is 50.2 Å². The quantitative estimate of drug-likeness (QED) is 0.427. The number of guanidine groups is 1. The van der Waals surface area contributed by atoms with E-state index in [2.05, 4.69) is 15.6 Å². The van der Waals surface area contributed by atoms with Crippen LogP contribution in [-0.4, -0.2) is 39.9 Å². The minimum atomic E-state index is -4.79. The number of hydrogen-bond donors (Lipinski definition) is 2. The van der Waals surface area contributed by atoms with E-state index >= 15 is 0 Å². The van der Waals surface area contributed by atoms with Crippen molar-refractivity contribution in [3.63, 3.8) is 0 Å². The van der Waals surface area contributed by atoms with E-state index in [9.17, 15) is 27.6 Å². The number of benzene rings is 2. The van der Waals surface area contributed by atoms with Gasteiger partial charge in [0.25, 0.3) is 5.91 Å². The fraction of sp³-hybridized carbons (Fsp3) is 0.467. The van der Waals surface area contributed by atoms with Gasteiger partial charge in [0.05, 0.1) is 30.1 Å². The Morgan fingerprint density at radius 2 is 1.73 bits per heavy atom. The molecule has 2 N–H and O–H groups in total. The molecule has 8 nitrogen and oxygen atoms in total. The first-order valence-corrected chi connectivity index (χ1v) is 13.4. The fourth-order valence-corrected chi connectivity index (χ4v) is 4.27. The summed E-state index contributed by atoms with van der Waals surface area (Å²) >= 11 is 0. The zero-order valence-corrected chi connectivity index (χ0v) is 24.3. The SMILES string of the molecule is CC(C)[C@]1(C)CC(=O)N(Cc2ccc(C(F)(F)F)c(C(=O)N[C@@H](C)c3ccccc3)c2)/C(=N\C(=O)OC(C)(C)C)N1.